The predicted molar refractivity (Wildman–Crippen MR) is 63.8 cm³/mol. The average molecular weight is 237 g/mol. The Hall–Kier alpha value is -1.42. The Labute approximate surface area is 99.9 Å². The van der Waals surface area contributed by atoms with Crippen LogP contribution in [0.3, 0.4) is 0 Å². The number of para-hydroxylation sites is 1. The molecule has 1 aromatic rings. The summed E-state index contributed by atoms with van der Waals surface area (Å²) in [7, 11) is 1.77. The molecular weight excluding hydrogens is 221 g/mol. The van der Waals surface area contributed by atoms with E-state index in [1.54, 1.807) is 18.0 Å². The standard InChI is InChI=1S/C13H16FNO2/c1-15(7-9-5-11(17)6-9)13-10(8-16)3-2-4-12(13)14/h2-4,8-9,11,17H,5-7H2,1H3. The number of nitrogens with zero attached hydrogens (tertiary/aromatic N) is 1. The summed E-state index contributed by atoms with van der Waals surface area (Å²) in [6, 6.07) is 4.50. The maximum atomic E-state index is 13.7. The van der Waals surface area contributed by atoms with Crippen molar-refractivity contribution in [2.45, 2.75) is 18.9 Å². The molecule has 92 valence electrons. The molecule has 0 aliphatic heterocycles. The number of anilines is 1. The van der Waals surface area contributed by atoms with Crippen LogP contribution in [0.25, 0.3) is 0 Å². The molecule has 0 aromatic heterocycles. The summed E-state index contributed by atoms with van der Waals surface area (Å²) < 4.78 is 13.7. The summed E-state index contributed by atoms with van der Waals surface area (Å²) in [5.41, 5.74) is 0.719. The van der Waals surface area contributed by atoms with Gasteiger partial charge < -0.3 is 10.0 Å². The summed E-state index contributed by atoms with van der Waals surface area (Å²) in [5.74, 6) is 0.00563. The van der Waals surface area contributed by atoms with Crippen LogP contribution in [-0.2, 0) is 0 Å². The highest BCUT2D eigenvalue weighted by atomic mass is 19.1. The summed E-state index contributed by atoms with van der Waals surface area (Å²) in [4.78, 5) is 12.6. The zero-order valence-electron chi connectivity index (χ0n) is 9.77. The lowest BCUT2D eigenvalue weighted by Gasteiger charge is -2.35. The minimum atomic E-state index is -0.378. The van der Waals surface area contributed by atoms with Crippen LogP contribution in [0.5, 0.6) is 0 Å². The summed E-state index contributed by atoms with van der Waals surface area (Å²) in [6.45, 7) is 0.666. The van der Waals surface area contributed by atoms with Gasteiger partial charge in [-0.2, -0.15) is 0 Å². The molecule has 0 radical (unpaired) electrons. The van der Waals surface area contributed by atoms with E-state index in [4.69, 9.17) is 0 Å². The van der Waals surface area contributed by atoms with E-state index in [1.165, 1.54) is 12.1 Å². The third kappa shape index (κ3) is 2.47. The number of carbonyl (C=O) groups excluding carboxylic acids is 1. The first-order chi connectivity index (χ1) is 8.11. The van der Waals surface area contributed by atoms with Crippen molar-refractivity contribution in [1.82, 2.24) is 0 Å². The van der Waals surface area contributed by atoms with Crippen LogP contribution >= 0.6 is 0 Å². The van der Waals surface area contributed by atoms with Crippen molar-refractivity contribution in [2.24, 2.45) is 5.92 Å². The van der Waals surface area contributed by atoms with Gasteiger partial charge in [0.25, 0.3) is 0 Å². The van der Waals surface area contributed by atoms with Crippen LogP contribution in [-0.4, -0.2) is 31.1 Å². The Morgan fingerprint density at radius 3 is 2.82 bits per heavy atom. The van der Waals surface area contributed by atoms with Gasteiger partial charge in [-0.25, -0.2) is 4.39 Å². The zero-order valence-corrected chi connectivity index (χ0v) is 9.77. The summed E-state index contributed by atoms with van der Waals surface area (Å²) >= 11 is 0. The first-order valence-corrected chi connectivity index (χ1v) is 5.74. The Balaban J connectivity index is 2.12. The van der Waals surface area contributed by atoms with Crippen molar-refractivity contribution in [3.63, 3.8) is 0 Å². The van der Waals surface area contributed by atoms with E-state index in [2.05, 4.69) is 0 Å². The first-order valence-electron chi connectivity index (χ1n) is 5.74. The van der Waals surface area contributed by atoms with Gasteiger partial charge in [-0.15, -0.1) is 0 Å². The topological polar surface area (TPSA) is 40.5 Å². The van der Waals surface area contributed by atoms with Gasteiger partial charge in [0.05, 0.1) is 11.8 Å². The number of hydrogen-bond donors (Lipinski definition) is 1. The molecule has 0 spiro atoms. The van der Waals surface area contributed by atoms with E-state index in [9.17, 15) is 14.3 Å². The number of rotatable bonds is 4. The van der Waals surface area contributed by atoms with Crippen molar-refractivity contribution in [3.05, 3.63) is 29.6 Å². The van der Waals surface area contributed by atoms with Crippen LogP contribution in [0, 0.1) is 11.7 Å². The minimum Gasteiger partial charge on any atom is -0.393 e. The normalized spacial score (nSPS) is 23.0. The molecular formula is C13H16FNO2. The van der Waals surface area contributed by atoms with Crippen LogP contribution in [0.15, 0.2) is 18.2 Å². The van der Waals surface area contributed by atoms with Crippen LogP contribution in [0.4, 0.5) is 10.1 Å². The number of carbonyl (C=O) groups is 1. The third-order valence-electron chi connectivity index (χ3n) is 3.27. The molecule has 1 aliphatic carbocycles. The van der Waals surface area contributed by atoms with Crippen LogP contribution in [0.2, 0.25) is 0 Å². The van der Waals surface area contributed by atoms with Gasteiger partial charge in [0.2, 0.25) is 0 Å². The number of halogens is 1. The molecule has 0 heterocycles. The lowest BCUT2D eigenvalue weighted by Crippen LogP contribution is -2.37. The zero-order chi connectivity index (χ0) is 12.4. The highest BCUT2D eigenvalue weighted by Gasteiger charge is 2.28. The quantitative estimate of drug-likeness (QED) is 0.812. The SMILES string of the molecule is CN(CC1CC(O)C1)c1c(F)cccc1C=O. The molecule has 3 nitrogen and oxygen atoms in total. The summed E-state index contributed by atoms with van der Waals surface area (Å²) in [5, 5.41) is 9.21. The molecule has 0 saturated heterocycles. The fourth-order valence-electron chi connectivity index (χ4n) is 2.36. The molecule has 2 rings (SSSR count). The number of aliphatic hydroxyl groups is 1. The van der Waals surface area contributed by atoms with Crippen molar-refractivity contribution in [3.8, 4) is 0 Å². The average Bonchev–Trinajstić information content (AvgIpc) is 2.26. The number of aliphatic hydroxyl groups excluding tert-OH is 1. The highest BCUT2D eigenvalue weighted by molar-refractivity contribution is 5.84. The van der Waals surface area contributed by atoms with E-state index in [1.807, 2.05) is 0 Å². The van der Waals surface area contributed by atoms with E-state index in [0.717, 1.165) is 12.8 Å². The van der Waals surface area contributed by atoms with Crippen molar-refractivity contribution < 1.29 is 14.3 Å². The second-order valence-corrected chi connectivity index (χ2v) is 4.67. The van der Waals surface area contributed by atoms with Crippen molar-refractivity contribution in [2.75, 3.05) is 18.5 Å². The monoisotopic (exact) mass is 237 g/mol. The lowest BCUT2D eigenvalue weighted by atomic mass is 9.82. The van der Waals surface area contributed by atoms with E-state index in [0.29, 0.717) is 30.0 Å². The Kier molecular flexibility index (Phi) is 3.43. The third-order valence-corrected chi connectivity index (χ3v) is 3.27. The van der Waals surface area contributed by atoms with Gasteiger partial charge in [0, 0.05) is 19.2 Å². The molecule has 1 N–H and O–H groups in total. The fraction of sp³-hybridized carbons (Fsp3) is 0.462. The molecule has 0 amide bonds. The van der Waals surface area contributed by atoms with Gasteiger partial charge >= 0.3 is 0 Å². The Morgan fingerprint density at radius 2 is 2.24 bits per heavy atom. The van der Waals surface area contributed by atoms with Gasteiger partial charge in [-0.1, -0.05) is 6.07 Å². The van der Waals surface area contributed by atoms with E-state index in [-0.39, 0.29) is 11.9 Å². The van der Waals surface area contributed by atoms with Gasteiger partial charge in [-0.3, -0.25) is 4.79 Å². The van der Waals surface area contributed by atoms with Crippen LogP contribution in [0.1, 0.15) is 23.2 Å². The minimum absolute atomic E-state index is 0.209. The van der Waals surface area contributed by atoms with E-state index >= 15 is 0 Å². The van der Waals surface area contributed by atoms with Crippen molar-refractivity contribution in [1.29, 1.82) is 0 Å². The molecule has 1 aromatic carbocycles. The van der Waals surface area contributed by atoms with Gasteiger partial charge in [0.15, 0.2) is 6.29 Å². The first kappa shape index (κ1) is 12.0. The lowest BCUT2D eigenvalue weighted by molar-refractivity contribution is 0.0464. The maximum absolute atomic E-state index is 13.7. The Morgan fingerprint density at radius 1 is 1.53 bits per heavy atom. The molecule has 17 heavy (non-hydrogen) atoms. The molecule has 0 bridgehead atoms. The van der Waals surface area contributed by atoms with E-state index < -0.39 is 0 Å². The molecule has 0 unspecified atom stereocenters. The molecule has 1 fully saturated rings. The number of benzene rings is 1. The largest absolute Gasteiger partial charge is 0.393 e. The molecule has 1 aliphatic rings. The fourth-order valence-corrected chi connectivity index (χ4v) is 2.36. The summed E-state index contributed by atoms with van der Waals surface area (Å²) in [6.07, 6.45) is 1.98. The predicted octanol–water partition coefficient (Wildman–Crippen LogP) is 1.85. The molecule has 0 atom stereocenters. The van der Waals surface area contributed by atoms with Crippen LogP contribution < -0.4 is 4.90 Å². The number of hydrogen-bond acceptors (Lipinski definition) is 3. The smallest absolute Gasteiger partial charge is 0.152 e. The van der Waals surface area contributed by atoms with Gasteiger partial charge in [-0.05, 0) is 30.9 Å². The molecule has 1 saturated carbocycles. The van der Waals surface area contributed by atoms with Crippen molar-refractivity contribution >= 4 is 12.0 Å². The Bertz CT molecular complexity index is 416. The number of aldehydes is 1. The second kappa shape index (κ2) is 4.84. The molecule has 4 heteroatoms. The second-order valence-electron chi connectivity index (χ2n) is 4.67. The van der Waals surface area contributed by atoms with Gasteiger partial charge in [0.1, 0.15) is 5.82 Å². The maximum Gasteiger partial charge on any atom is 0.152 e. The highest BCUT2D eigenvalue weighted by Crippen LogP contribution is 2.30.